The predicted octanol–water partition coefficient (Wildman–Crippen LogP) is 4.40. The van der Waals surface area contributed by atoms with Gasteiger partial charge in [0, 0.05) is 24.9 Å². The highest BCUT2D eigenvalue weighted by Crippen LogP contribution is 2.36. The highest BCUT2D eigenvalue weighted by atomic mass is 16.5. The molecular weight excluding hydrogens is 350 g/mol. The molecule has 2 fully saturated rings. The van der Waals surface area contributed by atoms with E-state index in [0.717, 1.165) is 29.7 Å². The van der Waals surface area contributed by atoms with Crippen LogP contribution in [0.25, 0.3) is 11.6 Å². The molecular formula is C24H27NO3. The third kappa shape index (κ3) is 3.97. The summed E-state index contributed by atoms with van der Waals surface area (Å²) in [4.78, 5) is 15.6. The molecule has 2 aliphatic heterocycles. The first kappa shape index (κ1) is 18.8. The van der Waals surface area contributed by atoms with E-state index in [1.807, 2.05) is 60.7 Å². The van der Waals surface area contributed by atoms with E-state index in [1.165, 1.54) is 12.8 Å². The van der Waals surface area contributed by atoms with Crippen molar-refractivity contribution < 1.29 is 14.3 Å². The summed E-state index contributed by atoms with van der Waals surface area (Å²) in [5.41, 5.74) is 2.40. The number of esters is 1. The maximum absolute atomic E-state index is 13.2. The molecule has 2 aromatic carbocycles. The number of piperidine rings is 1. The minimum Gasteiger partial charge on any atom is -0.497 e. The van der Waals surface area contributed by atoms with E-state index < -0.39 is 0 Å². The van der Waals surface area contributed by atoms with Gasteiger partial charge in [-0.25, -0.2) is 4.79 Å². The summed E-state index contributed by atoms with van der Waals surface area (Å²) in [6.45, 7) is 0. The summed E-state index contributed by atoms with van der Waals surface area (Å²) in [6.07, 6.45) is 6.19. The molecule has 4 rings (SSSR count). The van der Waals surface area contributed by atoms with Crippen LogP contribution in [-0.4, -0.2) is 43.2 Å². The Morgan fingerprint density at radius 2 is 1.64 bits per heavy atom. The van der Waals surface area contributed by atoms with Gasteiger partial charge in [0.1, 0.15) is 11.9 Å². The van der Waals surface area contributed by atoms with Crippen molar-refractivity contribution in [2.24, 2.45) is 0 Å². The molecule has 2 saturated heterocycles. The largest absolute Gasteiger partial charge is 0.497 e. The van der Waals surface area contributed by atoms with Crippen molar-refractivity contribution in [2.75, 3.05) is 14.2 Å². The van der Waals surface area contributed by atoms with Gasteiger partial charge in [0.2, 0.25) is 0 Å². The molecule has 3 atom stereocenters. The molecule has 0 spiro atoms. The van der Waals surface area contributed by atoms with Crippen LogP contribution in [0.5, 0.6) is 5.75 Å². The van der Waals surface area contributed by atoms with Gasteiger partial charge in [0.05, 0.1) is 12.7 Å². The first-order chi connectivity index (χ1) is 13.6. The topological polar surface area (TPSA) is 38.8 Å². The second-order valence-corrected chi connectivity index (χ2v) is 7.75. The van der Waals surface area contributed by atoms with Gasteiger partial charge in [-0.3, -0.25) is 0 Å². The molecule has 0 aromatic heterocycles. The van der Waals surface area contributed by atoms with E-state index in [4.69, 9.17) is 9.47 Å². The van der Waals surface area contributed by atoms with Gasteiger partial charge in [0.15, 0.2) is 0 Å². The molecule has 0 aliphatic carbocycles. The van der Waals surface area contributed by atoms with Gasteiger partial charge in [-0.15, -0.1) is 0 Å². The molecule has 2 heterocycles. The van der Waals surface area contributed by atoms with Crippen LogP contribution in [0.1, 0.15) is 36.8 Å². The molecule has 4 heteroatoms. The highest BCUT2D eigenvalue weighted by Gasteiger charge is 2.40. The zero-order valence-corrected chi connectivity index (χ0v) is 16.5. The maximum Gasteiger partial charge on any atom is 0.339 e. The number of hydrogen-bond donors (Lipinski definition) is 0. The number of fused-ring (bicyclic) bond motifs is 2. The van der Waals surface area contributed by atoms with Crippen molar-refractivity contribution in [3.8, 4) is 5.75 Å². The maximum atomic E-state index is 13.2. The lowest BCUT2D eigenvalue weighted by Gasteiger charge is -2.35. The molecule has 4 nitrogen and oxygen atoms in total. The molecule has 146 valence electrons. The number of benzene rings is 2. The Hall–Kier alpha value is -2.59. The van der Waals surface area contributed by atoms with Crippen LogP contribution >= 0.6 is 0 Å². The smallest absolute Gasteiger partial charge is 0.339 e. The summed E-state index contributed by atoms with van der Waals surface area (Å²) < 4.78 is 11.3. The standard InChI is InChI=1S/C24H27NO3/c1-25-19-10-11-20(25)16-22(15-19)28-24(26)23(14-17-6-4-3-5-7-17)18-8-12-21(27-2)13-9-18/h3-9,12-14,19-20,22H,10-11,15-16H2,1-2H3/b23-14+/t19-,20+,22?. The fraction of sp³-hybridized carbons (Fsp3) is 0.375. The van der Waals surface area contributed by atoms with Crippen molar-refractivity contribution in [3.05, 3.63) is 65.7 Å². The van der Waals surface area contributed by atoms with Crippen molar-refractivity contribution in [1.82, 2.24) is 4.90 Å². The number of rotatable bonds is 5. The van der Waals surface area contributed by atoms with E-state index in [-0.39, 0.29) is 12.1 Å². The number of hydrogen-bond acceptors (Lipinski definition) is 4. The Morgan fingerprint density at radius 3 is 2.25 bits per heavy atom. The van der Waals surface area contributed by atoms with Crippen molar-refractivity contribution >= 4 is 17.6 Å². The SMILES string of the molecule is COc1ccc(/C(=C\c2ccccc2)C(=O)OC2C[C@H]3CC[C@@H](C2)N3C)cc1. The van der Waals surface area contributed by atoms with Gasteiger partial charge in [-0.2, -0.15) is 0 Å². The van der Waals surface area contributed by atoms with Gasteiger partial charge >= 0.3 is 5.97 Å². The molecule has 0 amide bonds. The van der Waals surface area contributed by atoms with Crippen LogP contribution in [0.2, 0.25) is 0 Å². The summed E-state index contributed by atoms with van der Waals surface area (Å²) in [6, 6.07) is 18.5. The fourth-order valence-corrected chi connectivity index (χ4v) is 4.42. The lowest BCUT2D eigenvalue weighted by molar-refractivity contribution is -0.144. The number of nitrogens with zero attached hydrogens (tertiary/aromatic N) is 1. The molecule has 2 aromatic rings. The molecule has 2 bridgehead atoms. The van der Waals surface area contributed by atoms with Crippen LogP contribution < -0.4 is 4.74 Å². The van der Waals surface area contributed by atoms with E-state index in [2.05, 4.69) is 11.9 Å². The van der Waals surface area contributed by atoms with Crippen molar-refractivity contribution in [2.45, 2.75) is 43.9 Å². The predicted molar refractivity (Wildman–Crippen MR) is 111 cm³/mol. The number of methoxy groups -OCH3 is 1. The normalized spacial score (nSPS) is 24.8. The minimum atomic E-state index is -0.247. The van der Waals surface area contributed by atoms with E-state index in [9.17, 15) is 4.79 Å². The van der Waals surface area contributed by atoms with E-state index in [0.29, 0.717) is 17.7 Å². The summed E-state index contributed by atoms with van der Waals surface area (Å²) in [5.74, 6) is 0.519. The Balaban J connectivity index is 1.57. The minimum absolute atomic E-state index is 0.00128. The summed E-state index contributed by atoms with van der Waals surface area (Å²) in [7, 11) is 3.83. The number of carbonyl (C=O) groups excluding carboxylic acids is 1. The molecule has 0 N–H and O–H groups in total. The van der Waals surface area contributed by atoms with Crippen LogP contribution in [-0.2, 0) is 9.53 Å². The molecule has 2 aliphatic rings. The van der Waals surface area contributed by atoms with Crippen molar-refractivity contribution in [3.63, 3.8) is 0 Å². The lowest BCUT2D eigenvalue weighted by atomic mass is 9.99. The Morgan fingerprint density at radius 1 is 1.00 bits per heavy atom. The van der Waals surface area contributed by atoms with E-state index >= 15 is 0 Å². The van der Waals surface area contributed by atoms with Gasteiger partial charge in [-0.05, 0) is 49.2 Å². The zero-order valence-electron chi connectivity index (χ0n) is 16.5. The molecule has 1 unspecified atom stereocenters. The average molecular weight is 377 g/mol. The Labute approximate surface area is 166 Å². The zero-order chi connectivity index (χ0) is 19.5. The third-order valence-electron chi connectivity index (χ3n) is 6.06. The Bertz CT molecular complexity index is 830. The van der Waals surface area contributed by atoms with E-state index in [1.54, 1.807) is 7.11 Å². The number of ether oxygens (including phenoxy) is 2. The molecule has 0 radical (unpaired) electrons. The second kappa shape index (κ2) is 8.19. The van der Waals surface area contributed by atoms with Crippen LogP contribution in [0, 0.1) is 0 Å². The summed E-state index contributed by atoms with van der Waals surface area (Å²) in [5, 5.41) is 0. The third-order valence-corrected chi connectivity index (χ3v) is 6.06. The average Bonchev–Trinajstić information content (AvgIpc) is 2.93. The first-order valence-electron chi connectivity index (χ1n) is 9.98. The quantitative estimate of drug-likeness (QED) is 0.440. The second-order valence-electron chi connectivity index (χ2n) is 7.75. The molecule has 28 heavy (non-hydrogen) atoms. The summed E-state index contributed by atoms with van der Waals surface area (Å²) >= 11 is 0. The van der Waals surface area contributed by atoms with Crippen LogP contribution in [0.15, 0.2) is 54.6 Å². The van der Waals surface area contributed by atoms with Gasteiger partial charge < -0.3 is 14.4 Å². The highest BCUT2D eigenvalue weighted by molar-refractivity contribution is 6.21. The monoisotopic (exact) mass is 377 g/mol. The lowest BCUT2D eigenvalue weighted by Crippen LogP contribution is -2.43. The van der Waals surface area contributed by atoms with Crippen molar-refractivity contribution in [1.29, 1.82) is 0 Å². The van der Waals surface area contributed by atoms with Crippen LogP contribution in [0.4, 0.5) is 0 Å². The van der Waals surface area contributed by atoms with Gasteiger partial charge in [-0.1, -0.05) is 42.5 Å². The molecule has 0 saturated carbocycles. The fourth-order valence-electron chi connectivity index (χ4n) is 4.42. The first-order valence-corrected chi connectivity index (χ1v) is 9.98. The van der Waals surface area contributed by atoms with Gasteiger partial charge in [0.25, 0.3) is 0 Å². The Kier molecular flexibility index (Phi) is 5.49. The number of carbonyl (C=O) groups is 1. The van der Waals surface area contributed by atoms with Crippen LogP contribution in [0.3, 0.4) is 0 Å².